The molecule has 5 heteroatoms. The molecule has 0 spiro atoms. The number of hydrogen-bond acceptors (Lipinski definition) is 2. The fourth-order valence-electron chi connectivity index (χ4n) is 1.08. The third-order valence-electron chi connectivity index (χ3n) is 2.12. The molecule has 0 unspecified atom stereocenters. The molecular formula is C10H14ClNO2S. The second-order valence-corrected chi connectivity index (χ2v) is 6.21. The average Bonchev–Trinajstić information content (AvgIpc) is 2.17. The van der Waals surface area contributed by atoms with E-state index < -0.39 is 10.0 Å². The molecule has 15 heavy (non-hydrogen) atoms. The van der Waals surface area contributed by atoms with Gasteiger partial charge >= 0.3 is 0 Å². The van der Waals surface area contributed by atoms with Crippen molar-refractivity contribution >= 4 is 21.6 Å². The predicted molar refractivity (Wildman–Crippen MR) is 62.6 cm³/mol. The maximum atomic E-state index is 11.5. The second-order valence-electron chi connectivity index (χ2n) is 3.47. The molecule has 0 amide bonds. The third-order valence-corrected chi connectivity index (χ3v) is 4.20. The number of aryl methyl sites for hydroxylation is 1. The van der Waals surface area contributed by atoms with Gasteiger partial charge in [-0.05, 0) is 24.1 Å². The molecule has 0 aliphatic rings. The Morgan fingerprint density at radius 3 is 2.20 bits per heavy atom. The van der Waals surface area contributed by atoms with E-state index in [-0.39, 0.29) is 5.75 Å². The lowest BCUT2D eigenvalue weighted by molar-refractivity contribution is 0.520. The van der Waals surface area contributed by atoms with Crippen molar-refractivity contribution in [1.29, 1.82) is 0 Å². The van der Waals surface area contributed by atoms with Crippen LogP contribution in [-0.2, 0) is 16.4 Å². The van der Waals surface area contributed by atoms with Gasteiger partial charge in [-0.2, -0.15) is 0 Å². The topological polar surface area (TPSA) is 37.4 Å². The van der Waals surface area contributed by atoms with Gasteiger partial charge in [-0.3, -0.25) is 0 Å². The SMILES string of the molecule is CN(C)S(=O)(=O)CCc1ccc(Cl)cc1. The molecule has 0 fully saturated rings. The standard InChI is InChI=1S/C10H14ClNO2S/c1-12(2)15(13,14)8-7-9-3-5-10(11)6-4-9/h3-6H,7-8H2,1-2H3. The highest BCUT2D eigenvalue weighted by molar-refractivity contribution is 7.89. The van der Waals surface area contributed by atoms with E-state index in [0.717, 1.165) is 5.56 Å². The minimum atomic E-state index is -3.11. The van der Waals surface area contributed by atoms with Gasteiger partial charge in [0.25, 0.3) is 0 Å². The molecule has 0 bridgehead atoms. The van der Waals surface area contributed by atoms with Crippen molar-refractivity contribution in [3.8, 4) is 0 Å². The lowest BCUT2D eigenvalue weighted by Gasteiger charge is -2.10. The Bertz CT molecular complexity index is 412. The maximum absolute atomic E-state index is 11.5. The number of rotatable bonds is 4. The van der Waals surface area contributed by atoms with Gasteiger partial charge in [0.1, 0.15) is 0 Å². The van der Waals surface area contributed by atoms with Crippen molar-refractivity contribution in [2.24, 2.45) is 0 Å². The number of halogens is 1. The van der Waals surface area contributed by atoms with Crippen molar-refractivity contribution in [3.63, 3.8) is 0 Å². The van der Waals surface area contributed by atoms with Gasteiger partial charge in [0.05, 0.1) is 5.75 Å². The highest BCUT2D eigenvalue weighted by Crippen LogP contribution is 2.10. The van der Waals surface area contributed by atoms with E-state index in [2.05, 4.69) is 0 Å². The van der Waals surface area contributed by atoms with E-state index in [4.69, 9.17) is 11.6 Å². The van der Waals surface area contributed by atoms with Crippen LogP contribution in [0.2, 0.25) is 5.02 Å². The van der Waals surface area contributed by atoms with E-state index in [1.54, 1.807) is 12.1 Å². The van der Waals surface area contributed by atoms with Crippen molar-refractivity contribution in [2.45, 2.75) is 6.42 Å². The van der Waals surface area contributed by atoms with Gasteiger partial charge in [0.2, 0.25) is 10.0 Å². The maximum Gasteiger partial charge on any atom is 0.213 e. The second kappa shape index (κ2) is 4.96. The van der Waals surface area contributed by atoms with Crippen LogP contribution in [0.1, 0.15) is 5.56 Å². The van der Waals surface area contributed by atoms with Gasteiger partial charge in [-0.25, -0.2) is 12.7 Å². The lowest BCUT2D eigenvalue weighted by Crippen LogP contribution is -2.25. The van der Waals surface area contributed by atoms with E-state index in [1.807, 2.05) is 12.1 Å². The van der Waals surface area contributed by atoms with E-state index >= 15 is 0 Å². The number of sulfonamides is 1. The van der Waals surface area contributed by atoms with Gasteiger partial charge in [0.15, 0.2) is 0 Å². The zero-order valence-corrected chi connectivity index (χ0v) is 10.3. The first-order valence-electron chi connectivity index (χ1n) is 4.56. The van der Waals surface area contributed by atoms with Crippen molar-refractivity contribution in [2.75, 3.05) is 19.8 Å². The molecule has 1 aromatic rings. The van der Waals surface area contributed by atoms with Crippen molar-refractivity contribution < 1.29 is 8.42 Å². The van der Waals surface area contributed by atoms with E-state index in [0.29, 0.717) is 11.4 Å². The van der Waals surface area contributed by atoms with Gasteiger partial charge in [-0.1, -0.05) is 23.7 Å². The molecule has 0 N–H and O–H groups in total. The summed E-state index contributed by atoms with van der Waals surface area (Å²) in [6.07, 6.45) is 0.512. The Morgan fingerprint density at radius 2 is 1.73 bits per heavy atom. The van der Waals surface area contributed by atoms with Crippen LogP contribution in [0.15, 0.2) is 24.3 Å². The summed E-state index contributed by atoms with van der Waals surface area (Å²) < 4.78 is 24.2. The fourth-order valence-corrected chi connectivity index (χ4v) is 2.07. The summed E-state index contributed by atoms with van der Waals surface area (Å²) in [6, 6.07) is 7.21. The van der Waals surface area contributed by atoms with Crippen molar-refractivity contribution in [3.05, 3.63) is 34.9 Å². The van der Waals surface area contributed by atoms with Crippen LogP contribution < -0.4 is 0 Å². The summed E-state index contributed by atoms with van der Waals surface area (Å²) in [5, 5.41) is 0.661. The number of nitrogens with zero attached hydrogens (tertiary/aromatic N) is 1. The van der Waals surface area contributed by atoms with Crippen LogP contribution in [-0.4, -0.2) is 32.6 Å². The molecule has 0 aliphatic heterocycles. The summed E-state index contributed by atoms with van der Waals surface area (Å²) in [5.41, 5.74) is 0.977. The highest BCUT2D eigenvalue weighted by atomic mass is 35.5. The molecule has 84 valence electrons. The molecule has 0 saturated heterocycles. The number of benzene rings is 1. The summed E-state index contributed by atoms with van der Waals surface area (Å²) in [7, 11) is -0.0284. The molecular weight excluding hydrogens is 234 g/mol. The van der Waals surface area contributed by atoms with E-state index in [9.17, 15) is 8.42 Å². The first-order valence-corrected chi connectivity index (χ1v) is 6.55. The summed E-state index contributed by atoms with van der Waals surface area (Å²) in [5.74, 6) is 0.127. The molecule has 0 heterocycles. The smallest absolute Gasteiger partial charge is 0.212 e. The Hall–Kier alpha value is -0.580. The number of hydrogen-bond donors (Lipinski definition) is 0. The fraction of sp³-hybridized carbons (Fsp3) is 0.400. The molecule has 1 aromatic carbocycles. The van der Waals surface area contributed by atoms with Crippen LogP contribution in [0.5, 0.6) is 0 Å². The van der Waals surface area contributed by atoms with Gasteiger partial charge < -0.3 is 0 Å². The first-order chi connectivity index (χ1) is 6.92. The van der Waals surface area contributed by atoms with Gasteiger partial charge in [0, 0.05) is 19.1 Å². The molecule has 0 aromatic heterocycles. The molecule has 1 rings (SSSR count). The molecule has 0 aliphatic carbocycles. The van der Waals surface area contributed by atoms with Crippen LogP contribution in [0.25, 0.3) is 0 Å². The molecule has 3 nitrogen and oxygen atoms in total. The van der Waals surface area contributed by atoms with Crippen molar-refractivity contribution in [1.82, 2.24) is 4.31 Å². The van der Waals surface area contributed by atoms with Crippen LogP contribution in [0.4, 0.5) is 0 Å². The lowest BCUT2D eigenvalue weighted by atomic mass is 10.2. The monoisotopic (exact) mass is 247 g/mol. The summed E-state index contributed by atoms with van der Waals surface area (Å²) in [6.45, 7) is 0. The first kappa shape index (κ1) is 12.5. The zero-order valence-electron chi connectivity index (χ0n) is 8.77. The minimum absolute atomic E-state index is 0.127. The quantitative estimate of drug-likeness (QED) is 0.813. The molecule has 0 radical (unpaired) electrons. The van der Waals surface area contributed by atoms with Gasteiger partial charge in [-0.15, -0.1) is 0 Å². The van der Waals surface area contributed by atoms with E-state index in [1.165, 1.54) is 18.4 Å². The Morgan fingerprint density at radius 1 is 1.20 bits per heavy atom. The largest absolute Gasteiger partial charge is 0.213 e. The Kier molecular flexibility index (Phi) is 4.13. The molecule has 0 atom stereocenters. The summed E-state index contributed by atoms with van der Waals surface area (Å²) >= 11 is 5.73. The van der Waals surface area contributed by atoms with Crippen LogP contribution in [0, 0.1) is 0 Å². The Labute approximate surface area is 95.7 Å². The third kappa shape index (κ3) is 3.81. The zero-order chi connectivity index (χ0) is 11.5. The Balaban J connectivity index is 2.62. The summed E-state index contributed by atoms with van der Waals surface area (Å²) in [4.78, 5) is 0. The average molecular weight is 248 g/mol. The highest BCUT2D eigenvalue weighted by Gasteiger charge is 2.12. The molecule has 0 saturated carbocycles. The normalized spacial score (nSPS) is 12.0. The minimum Gasteiger partial charge on any atom is -0.212 e. The predicted octanol–water partition coefficient (Wildman–Crippen LogP) is 1.77. The van der Waals surface area contributed by atoms with Crippen LogP contribution in [0.3, 0.4) is 0 Å². The van der Waals surface area contributed by atoms with Crippen LogP contribution >= 0.6 is 11.6 Å².